The van der Waals surface area contributed by atoms with E-state index in [0.717, 1.165) is 4.90 Å². The highest BCUT2D eigenvalue weighted by atomic mass is 32.2. The van der Waals surface area contributed by atoms with E-state index in [4.69, 9.17) is 9.88 Å². The van der Waals surface area contributed by atoms with Crippen LogP contribution >= 0.6 is 11.8 Å². The van der Waals surface area contributed by atoms with Gasteiger partial charge in [-0.15, -0.1) is 11.8 Å². The summed E-state index contributed by atoms with van der Waals surface area (Å²) in [4.78, 5) is 39.2. The summed E-state index contributed by atoms with van der Waals surface area (Å²) < 4.78 is 27.9. The summed E-state index contributed by atoms with van der Waals surface area (Å²) in [5.41, 5.74) is 2.06. The molecule has 0 unspecified atom stereocenters. The Hall–Kier alpha value is -4.91. The molecule has 0 spiro atoms. The smallest absolute Gasteiger partial charge is 0.272 e. The highest BCUT2D eigenvalue weighted by Crippen LogP contribution is 2.22. The monoisotopic (exact) mass is 616 g/mol. The van der Waals surface area contributed by atoms with Crippen LogP contribution in [-0.4, -0.2) is 39.0 Å². The fraction of sp³-hybridized carbons (Fsp3) is 0.0645. The molecule has 10 nitrogen and oxygen atoms in total. The number of nitrogens with two attached hydrogens (primary N) is 1. The summed E-state index contributed by atoms with van der Waals surface area (Å²) in [5, 5.41) is 13.3. The molecule has 0 heterocycles. The first-order chi connectivity index (χ1) is 20.6. The molecule has 4 rings (SSSR count). The van der Waals surface area contributed by atoms with Crippen LogP contribution in [0.15, 0.2) is 119 Å². The lowest BCUT2D eigenvalue weighted by atomic mass is 10.1. The van der Waals surface area contributed by atoms with Crippen LogP contribution in [0.25, 0.3) is 6.08 Å². The van der Waals surface area contributed by atoms with Crippen LogP contribution in [0, 0.1) is 0 Å². The number of nitrogens with one attached hydrogen (secondary N) is 3. The Morgan fingerprint density at radius 1 is 0.814 bits per heavy atom. The Morgan fingerprint density at radius 3 is 2.02 bits per heavy atom. The number of anilines is 2. The number of methoxy groups -OCH3 is 1. The van der Waals surface area contributed by atoms with E-state index < -0.39 is 21.8 Å². The maximum absolute atomic E-state index is 13.2. The largest absolute Gasteiger partial charge is 0.497 e. The van der Waals surface area contributed by atoms with Crippen LogP contribution in [0.4, 0.5) is 11.4 Å². The van der Waals surface area contributed by atoms with Crippen LogP contribution in [-0.2, 0) is 19.6 Å². The van der Waals surface area contributed by atoms with Gasteiger partial charge >= 0.3 is 0 Å². The van der Waals surface area contributed by atoms with Gasteiger partial charge in [0.2, 0.25) is 15.9 Å². The molecule has 0 saturated carbocycles. The maximum atomic E-state index is 13.2. The molecule has 0 bridgehead atoms. The average molecular weight is 617 g/mol. The molecule has 0 atom stereocenters. The Bertz CT molecular complexity index is 1720. The Labute approximate surface area is 253 Å². The van der Waals surface area contributed by atoms with Crippen molar-refractivity contribution in [2.75, 3.05) is 23.5 Å². The van der Waals surface area contributed by atoms with E-state index in [1.54, 1.807) is 92.0 Å². The summed E-state index contributed by atoms with van der Waals surface area (Å²) in [5.74, 6) is -0.476. The third-order valence-corrected chi connectivity index (χ3v) is 7.85. The van der Waals surface area contributed by atoms with Gasteiger partial charge in [-0.3, -0.25) is 14.4 Å². The predicted molar refractivity (Wildman–Crippen MR) is 167 cm³/mol. The highest BCUT2D eigenvalue weighted by molar-refractivity contribution is 8.00. The van der Waals surface area contributed by atoms with Crippen LogP contribution in [0.3, 0.4) is 0 Å². The van der Waals surface area contributed by atoms with Gasteiger partial charge in [0.15, 0.2) is 0 Å². The molecule has 4 aromatic carbocycles. The van der Waals surface area contributed by atoms with Crippen LogP contribution < -0.4 is 25.8 Å². The number of rotatable bonds is 11. The van der Waals surface area contributed by atoms with Crippen molar-refractivity contribution < 1.29 is 27.5 Å². The number of benzene rings is 4. The second kappa shape index (κ2) is 14.3. The first-order valence-electron chi connectivity index (χ1n) is 12.8. The molecule has 0 aromatic heterocycles. The minimum absolute atomic E-state index is 0.0472. The van der Waals surface area contributed by atoms with Crippen LogP contribution in [0.5, 0.6) is 5.75 Å². The maximum Gasteiger partial charge on any atom is 0.272 e. The molecular formula is C31H28N4O6S2. The fourth-order valence-corrected chi connectivity index (χ4v) is 4.93. The zero-order chi connectivity index (χ0) is 30.8. The second-order valence-electron chi connectivity index (χ2n) is 9.04. The molecule has 0 aliphatic carbocycles. The Morgan fingerprint density at radius 2 is 1.42 bits per heavy atom. The SMILES string of the molecule is COc1ccc(/C=C(\NC(=O)c2ccccc2)C(=O)Nc2ccc(SCC(=O)Nc3ccc(S(N)(=O)=O)cc3)cc2)cc1. The van der Waals surface area contributed by atoms with Crippen LogP contribution in [0.1, 0.15) is 15.9 Å². The van der Waals surface area contributed by atoms with E-state index >= 15 is 0 Å². The Balaban J connectivity index is 1.38. The number of primary sulfonamides is 1. The van der Waals surface area contributed by atoms with Gasteiger partial charge in [-0.25, -0.2) is 13.6 Å². The summed E-state index contributed by atoms with van der Waals surface area (Å²) in [7, 11) is -2.25. The van der Waals surface area contributed by atoms with Crippen molar-refractivity contribution in [3.05, 3.63) is 120 Å². The van der Waals surface area contributed by atoms with Gasteiger partial charge in [0.1, 0.15) is 11.4 Å². The van der Waals surface area contributed by atoms with Gasteiger partial charge in [-0.1, -0.05) is 30.3 Å². The van der Waals surface area contributed by atoms with Gasteiger partial charge in [0, 0.05) is 21.8 Å². The Kier molecular flexibility index (Phi) is 10.3. The zero-order valence-corrected chi connectivity index (χ0v) is 24.6. The molecule has 220 valence electrons. The standard InChI is InChI=1S/C31H28N4O6S2/c1-41-25-13-7-21(8-14-25)19-28(35-30(37)22-5-3-2-4-6-22)31(38)34-24-9-15-26(16-10-24)42-20-29(36)33-23-11-17-27(18-12-23)43(32,39)40/h2-19H,20H2,1H3,(H,33,36)(H,34,38)(H,35,37)(H2,32,39,40)/b28-19-. The number of hydrogen-bond acceptors (Lipinski definition) is 7. The lowest BCUT2D eigenvalue weighted by molar-refractivity contribution is -0.114. The first kappa shape index (κ1) is 31.0. The highest BCUT2D eigenvalue weighted by Gasteiger charge is 2.15. The van der Waals surface area contributed by atoms with Gasteiger partial charge in [0.25, 0.3) is 11.8 Å². The number of carbonyl (C=O) groups excluding carboxylic acids is 3. The number of amides is 3. The molecule has 4 aromatic rings. The van der Waals surface area contributed by atoms with E-state index in [1.807, 2.05) is 0 Å². The molecule has 5 N–H and O–H groups in total. The molecule has 0 aliphatic heterocycles. The van der Waals surface area contributed by atoms with Gasteiger partial charge in [0.05, 0.1) is 17.8 Å². The number of hydrogen-bond donors (Lipinski definition) is 4. The summed E-state index contributed by atoms with van der Waals surface area (Å²) >= 11 is 1.28. The molecular weight excluding hydrogens is 588 g/mol. The van der Waals surface area contributed by atoms with E-state index in [2.05, 4.69) is 16.0 Å². The summed E-state index contributed by atoms with van der Waals surface area (Å²) in [6.45, 7) is 0. The summed E-state index contributed by atoms with van der Waals surface area (Å²) in [6, 6.07) is 28.0. The number of ether oxygens (including phenoxy) is 1. The third kappa shape index (κ3) is 9.30. The van der Waals surface area contributed by atoms with Crippen molar-refractivity contribution in [3.63, 3.8) is 0 Å². The lowest BCUT2D eigenvalue weighted by Crippen LogP contribution is -2.30. The topological polar surface area (TPSA) is 157 Å². The molecule has 0 aliphatic rings. The summed E-state index contributed by atoms with van der Waals surface area (Å²) in [6.07, 6.45) is 1.57. The minimum atomic E-state index is -3.81. The second-order valence-corrected chi connectivity index (χ2v) is 11.6. The van der Waals surface area contributed by atoms with Crippen molar-refractivity contribution in [2.45, 2.75) is 9.79 Å². The zero-order valence-electron chi connectivity index (χ0n) is 22.9. The fourth-order valence-electron chi connectivity index (χ4n) is 3.72. The lowest BCUT2D eigenvalue weighted by Gasteiger charge is -2.12. The van der Waals surface area contributed by atoms with Crippen molar-refractivity contribution >= 4 is 57.0 Å². The molecule has 0 fully saturated rings. The predicted octanol–water partition coefficient (Wildman–Crippen LogP) is 4.48. The van der Waals surface area contributed by atoms with E-state index in [0.29, 0.717) is 28.3 Å². The molecule has 3 amide bonds. The van der Waals surface area contributed by atoms with Gasteiger partial charge in [-0.05, 0) is 84.4 Å². The number of thioether (sulfide) groups is 1. The van der Waals surface area contributed by atoms with E-state index in [1.165, 1.54) is 36.0 Å². The van der Waals surface area contributed by atoms with E-state index in [9.17, 15) is 22.8 Å². The van der Waals surface area contributed by atoms with Crippen molar-refractivity contribution in [2.24, 2.45) is 5.14 Å². The molecule has 43 heavy (non-hydrogen) atoms. The van der Waals surface area contributed by atoms with E-state index in [-0.39, 0.29) is 22.3 Å². The molecule has 0 radical (unpaired) electrons. The molecule has 0 saturated heterocycles. The van der Waals surface area contributed by atoms with Gasteiger partial charge < -0.3 is 20.7 Å². The molecule has 12 heteroatoms. The van der Waals surface area contributed by atoms with Crippen LogP contribution in [0.2, 0.25) is 0 Å². The number of carbonyl (C=O) groups is 3. The van der Waals surface area contributed by atoms with Crippen molar-refractivity contribution in [1.82, 2.24) is 5.32 Å². The quantitative estimate of drug-likeness (QED) is 0.143. The normalized spacial score (nSPS) is 11.3. The van der Waals surface area contributed by atoms with Gasteiger partial charge in [-0.2, -0.15) is 0 Å². The van der Waals surface area contributed by atoms with Crippen molar-refractivity contribution in [1.29, 1.82) is 0 Å². The van der Waals surface area contributed by atoms with Crippen molar-refractivity contribution in [3.8, 4) is 5.75 Å². The first-order valence-corrected chi connectivity index (χ1v) is 15.3. The average Bonchev–Trinajstić information content (AvgIpc) is 3.01. The number of sulfonamides is 1. The minimum Gasteiger partial charge on any atom is -0.497 e. The third-order valence-electron chi connectivity index (χ3n) is 5.90.